The van der Waals surface area contributed by atoms with Crippen molar-refractivity contribution in [2.45, 2.75) is 0 Å². The van der Waals surface area contributed by atoms with E-state index in [0.29, 0.717) is 33.8 Å². The first-order valence-electron chi connectivity index (χ1n) is 12.0. The summed E-state index contributed by atoms with van der Waals surface area (Å²) >= 11 is 0. The lowest BCUT2D eigenvalue weighted by atomic mass is 10.0. The van der Waals surface area contributed by atoms with Gasteiger partial charge in [0.15, 0.2) is 0 Å². The van der Waals surface area contributed by atoms with Crippen LogP contribution in [0.15, 0.2) is 59.7 Å². The summed E-state index contributed by atoms with van der Waals surface area (Å²) in [6.45, 7) is -0.859. The number of ether oxygens (including phenoxy) is 4. The Labute approximate surface area is 222 Å². The van der Waals surface area contributed by atoms with Crippen LogP contribution >= 0.6 is 0 Å². The molecule has 0 atom stereocenters. The lowest BCUT2D eigenvalue weighted by Crippen LogP contribution is -2.30. The third-order valence-electron chi connectivity index (χ3n) is 5.77. The van der Waals surface area contributed by atoms with Crippen molar-refractivity contribution < 1.29 is 48.3 Å². The van der Waals surface area contributed by atoms with E-state index in [9.17, 15) is 19.2 Å². The topological polar surface area (TPSA) is 170 Å². The lowest BCUT2D eigenvalue weighted by molar-refractivity contribution is -0.139. The first kappa shape index (κ1) is 27.4. The summed E-state index contributed by atoms with van der Waals surface area (Å²) in [5.41, 5.74) is 1.66. The van der Waals surface area contributed by atoms with E-state index in [1.807, 2.05) is 0 Å². The van der Waals surface area contributed by atoms with Crippen LogP contribution in [0.2, 0.25) is 0 Å². The molecule has 2 aromatic rings. The highest BCUT2D eigenvalue weighted by molar-refractivity contribution is 6.24. The van der Waals surface area contributed by atoms with Gasteiger partial charge in [0.2, 0.25) is 6.79 Å². The van der Waals surface area contributed by atoms with E-state index in [-0.39, 0.29) is 57.5 Å². The predicted octanol–water partition coefficient (Wildman–Crippen LogP) is -0.0603. The number of cyclic esters (lactones) is 2. The Morgan fingerprint density at radius 2 is 1.18 bits per heavy atom. The Hall–Kier alpha value is -4.68. The fraction of sp³-hybridized carbons (Fsp3) is 0.259. The molecule has 0 saturated carbocycles. The molecule has 2 amide bonds. The molecule has 12 heteroatoms. The zero-order valence-corrected chi connectivity index (χ0v) is 20.7. The van der Waals surface area contributed by atoms with Gasteiger partial charge in [0, 0.05) is 24.2 Å². The van der Waals surface area contributed by atoms with Gasteiger partial charge in [0.25, 0.3) is 11.8 Å². The Bertz CT molecular complexity index is 1250. The van der Waals surface area contributed by atoms with Crippen LogP contribution in [0, 0.1) is 0 Å². The molecule has 0 unspecified atom stereocenters. The van der Waals surface area contributed by atoms with E-state index < -0.39 is 23.8 Å². The van der Waals surface area contributed by atoms with Gasteiger partial charge >= 0.3 is 11.9 Å². The summed E-state index contributed by atoms with van der Waals surface area (Å²) < 4.78 is 21.5. The molecular weight excluding hydrogens is 512 g/mol. The number of aliphatic hydroxyl groups is 2. The molecule has 2 aliphatic rings. The average molecular weight is 539 g/mol. The maximum Gasteiger partial charge on any atom is 0.344 e. The van der Waals surface area contributed by atoms with Gasteiger partial charge in [-0.3, -0.25) is 9.59 Å². The van der Waals surface area contributed by atoms with Crippen LogP contribution in [0.3, 0.4) is 0 Å². The zero-order chi connectivity index (χ0) is 27.8. The summed E-state index contributed by atoms with van der Waals surface area (Å²) in [4.78, 5) is 48.9. The molecule has 204 valence electrons. The molecule has 39 heavy (non-hydrogen) atoms. The number of hydrogen-bond donors (Lipinski definition) is 4. The second-order valence-corrected chi connectivity index (χ2v) is 8.28. The molecular formula is C27H26N2O10. The number of esters is 2. The van der Waals surface area contributed by atoms with E-state index in [0.717, 1.165) is 0 Å². The molecule has 0 spiro atoms. The van der Waals surface area contributed by atoms with Crippen molar-refractivity contribution in [2.24, 2.45) is 0 Å². The van der Waals surface area contributed by atoms with Crippen LogP contribution in [0.5, 0.6) is 11.5 Å². The van der Waals surface area contributed by atoms with Gasteiger partial charge in [-0.25, -0.2) is 9.59 Å². The van der Waals surface area contributed by atoms with Crippen LogP contribution in [0.4, 0.5) is 0 Å². The summed E-state index contributed by atoms with van der Waals surface area (Å²) in [5, 5.41) is 22.8. The summed E-state index contributed by atoms with van der Waals surface area (Å²) in [7, 11) is 0. The average Bonchev–Trinajstić information content (AvgIpc) is 3.53. The molecule has 4 N–H and O–H groups in total. The number of aliphatic hydroxyl groups excluding tert-OH is 2. The highest BCUT2D eigenvalue weighted by Crippen LogP contribution is 2.30. The normalized spacial score (nSPS) is 14.7. The van der Waals surface area contributed by atoms with Crippen molar-refractivity contribution in [1.82, 2.24) is 10.6 Å². The molecule has 4 rings (SSSR count). The zero-order valence-electron chi connectivity index (χ0n) is 20.7. The summed E-state index contributed by atoms with van der Waals surface area (Å²) in [6, 6.07) is 13.4. The molecule has 0 radical (unpaired) electrons. The van der Waals surface area contributed by atoms with Crippen molar-refractivity contribution in [3.63, 3.8) is 0 Å². The Morgan fingerprint density at radius 1 is 0.744 bits per heavy atom. The number of hydrogen-bond acceptors (Lipinski definition) is 10. The molecule has 2 heterocycles. The quantitative estimate of drug-likeness (QED) is 0.163. The minimum Gasteiger partial charge on any atom is -0.457 e. The van der Waals surface area contributed by atoms with Crippen LogP contribution < -0.4 is 20.1 Å². The second-order valence-electron chi connectivity index (χ2n) is 8.28. The number of nitrogens with one attached hydrogen (secondary N) is 2. The minimum atomic E-state index is -0.742. The van der Waals surface area contributed by atoms with Gasteiger partial charge in [0.1, 0.15) is 35.9 Å². The fourth-order valence-corrected chi connectivity index (χ4v) is 3.95. The van der Waals surface area contributed by atoms with E-state index >= 15 is 0 Å². The Balaban J connectivity index is 1.44. The fourth-order valence-electron chi connectivity index (χ4n) is 3.95. The van der Waals surface area contributed by atoms with Gasteiger partial charge in [-0.05, 0) is 35.4 Å². The van der Waals surface area contributed by atoms with E-state index in [4.69, 9.17) is 29.2 Å². The van der Waals surface area contributed by atoms with Gasteiger partial charge in [0.05, 0.1) is 13.2 Å². The molecule has 2 aromatic carbocycles. The van der Waals surface area contributed by atoms with Crippen molar-refractivity contribution in [3.8, 4) is 11.5 Å². The third kappa shape index (κ3) is 6.43. The Kier molecular flexibility index (Phi) is 8.92. The molecule has 0 fully saturated rings. The lowest BCUT2D eigenvalue weighted by Gasteiger charge is -2.12. The maximum atomic E-state index is 12.4. The van der Waals surface area contributed by atoms with Crippen LogP contribution in [0.1, 0.15) is 11.1 Å². The molecule has 2 aliphatic heterocycles. The molecule has 0 aliphatic carbocycles. The molecule has 0 bridgehead atoms. The van der Waals surface area contributed by atoms with E-state index in [1.165, 1.54) is 0 Å². The standard InChI is InChI=1S/C27H26N2O10/c30-9-7-28-24(32)22-20(13-36-26(22)34)16-3-1-5-18(11-16)38-15-39-19-6-2-4-17(12-19)21-14-37-27(35)23(21)25(33)29-8-10-31/h1-6,11-12,30-31H,7-10,13-15H2,(H,28,32)(H,29,33). The van der Waals surface area contributed by atoms with E-state index in [1.54, 1.807) is 48.5 Å². The van der Waals surface area contributed by atoms with Crippen molar-refractivity contribution in [2.75, 3.05) is 46.3 Å². The maximum absolute atomic E-state index is 12.4. The highest BCUT2D eigenvalue weighted by Gasteiger charge is 2.32. The third-order valence-corrected chi connectivity index (χ3v) is 5.77. The number of benzene rings is 2. The second kappa shape index (κ2) is 12.7. The number of carbonyl (C=O) groups is 4. The Morgan fingerprint density at radius 3 is 1.59 bits per heavy atom. The first-order valence-corrected chi connectivity index (χ1v) is 12.0. The summed E-state index contributed by atoms with van der Waals surface area (Å²) in [6.07, 6.45) is 0. The monoisotopic (exact) mass is 538 g/mol. The predicted molar refractivity (Wildman–Crippen MR) is 135 cm³/mol. The van der Waals surface area contributed by atoms with Crippen LogP contribution in [-0.2, 0) is 28.7 Å². The number of amides is 2. The SMILES string of the molecule is O=C(NCCO)C1=C(c2cccc(OCOc3cccc(C4=C(C(=O)NCCO)C(=O)OC4)c3)c2)COC1=O. The summed E-state index contributed by atoms with van der Waals surface area (Å²) in [5.74, 6) is -1.93. The van der Waals surface area contributed by atoms with Gasteiger partial charge in [-0.2, -0.15) is 0 Å². The molecule has 0 aromatic heterocycles. The molecule has 12 nitrogen and oxygen atoms in total. The van der Waals surface area contributed by atoms with Crippen molar-refractivity contribution in [1.29, 1.82) is 0 Å². The van der Waals surface area contributed by atoms with Crippen molar-refractivity contribution in [3.05, 3.63) is 70.8 Å². The molecule has 0 saturated heterocycles. The minimum absolute atomic E-state index is 0.00340. The van der Waals surface area contributed by atoms with Crippen LogP contribution in [-0.4, -0.2) is 80.3 Å². The largest absolute Gasteiger partial charge is 0.457 e. The smallest absolute Gasteiger partial charge is 0.344 e. The van der Waals surface area contributed by atoms with Gasteiger partial charge in [-0.1, -0.05) is 24.3 Å². The van der Waals surface area contributed by atoms with Gasteiger partial charge < -0.3 is 39.8 Å². The van der Waals surface area contributed by atoms with E-state index in [2.05, 4.69) is 10.6 Å². The number of rotatable bonds is 12. The van der Waals surface area contributed by atoms with Crippen LogP contribution in [0.25, 0.3) is 11.1 Å². The first-order chi connectivity index (χ1) is 18.9. The van der Waals surface area contributed by atoms with Crippen molar-refractivity contribution >= 4 is 34.9 Å². The highest BCUT2D eigenvalue weighted by atomic mass is 16.7. The number of carbonyl (C=O) groups excluding carboxylic acids is 4. The van der Waals surface area contributed by atoms with Gasteiger partial charge in [-0.15, -0.1) is 0 Å².